The van der Waals surface area contributed by atoms with Crippen molar-refractivity contribution in [3.8, 4) is 5.75 Å². The summed E-state index contributed by atoms with van der Waals surface area (Å²) in [5.41, 5.74) is -0.649. The molecule has 0 heterocycles. The number of halogens is 3. The molecule has 1 rings (SSSR count). The summed E-state index contributed by atoms with van der Waals surface area (Å²) in [5, 5.41) is 3.05. The van der Waals surface area contributed by atoms with Crippen LogP contribution in [0.3, 0.4) is 0 Å². The standard InChI is InChI=1S/C13H18F3NO/c1-17-9-3-2-4-10-18-12-7-5-11(6-8-12)13(14,15)16/h5-8,17H,2-4,9-10H2,1H3. The van der Waals surface area contributed by atoms with Crippen LogP contribution in [0, 0.1) is 0 Å². The minimum atomic E-state index is -4.29. The Morgan fingerprint density at radius 3 is 2.28 bits per heavy atom. The lowest BCUT2D eigenvalue weighted by atomic mass is 10.2. The Morgan fingerprint density at radius 2 is 1.72 bits per heavy atom. The molecule has 0 amide bonds. The van der Waals surface area contributed by atoms with Crippen LogP contribution >= 0.6 is 0 Å². The Kier molecular flexibility index (Phi) is 5.98. The van der Waals surface area contributed by atoms with Crippen LogP contribution in [0.2, 0.25) is 0 Å². The fraction of sp³-hybridized carbons (Fsp3) is 0.538. The smallest absolute Gasteiger partial charge is 0.416 e. The van der Waals surface area contributed by atoms with Crippen molar-refractivity contribution < 1.29 is 17.9 Å². The normalized spacial score (nSPS) is 11.6. The van der Waals surface area contributed by atoms with E-state index < -0.39 is 11.7 Å². The number of alkyl halides is 3. The molecule has 0 aliphatic carbocycles. The first-order chi connectivity index (χ1) is 8.54. The van der Waals surface area contributed by atoms with Gasteiger partial charge in [0.15, 0.2) is 0 Å². The molecule has 0 saturated carbocycles. The molecule has 2 nitrogen and oxygen atoms in total. The Bertz CT molecular complexity index is 335. The first-order valence-electron chi connectivity index (χ1n) is 5.98. The summed E-state index contributed by atoms with van der Waals surface area (Å²) < 4.78 is 42.3. The van der Waals surface area contributed by atoms with Crippen molar-refractivity contribution in [1.82, 2.24) is 5.32 Å². The number of benzene rings is 1. The van der Waals surface area contributed by atoms with E-state index in [1.54, 1.807) is 0 Å². The number of unbranched alkanes of at least 4 members (excludes halogenated alkanes) is 2. The molecular weight excluding hydrogens is 243 g/mol. The Labute approximate surface area is 105 Å². The highest BCUT2D eigenvalue weighted by Crippen LogP contribution is 2.30. The van der Waals surface area contributed by atoms with Crippen molar-refractivity contribution in [3.05, 3.63) is 29.8 Å². The maximum Gasteiger partial charge on any atom is 0.416 e. The van der Waals surface area contributed by atoms with Gasteiger partial charge in [0, 0.05) is 0 Å². The molecule has 0 atom stereocenters. The summed E-state index contributed by atoms with van der Waals surface area (Å²) >= 11 is 0. The predicted octanol–water partition coefficient (Wildman–Crippen LogP) is 3.47. The molecular formula is C13H18F3NO. The van der Waals surface area contributed by atoms with Gasteiger partial charge in [-0.25, -0.2) is 0 Å². The number of rotatable bonds is 7. The van der Waals surface area contributed by atoms with Crippen LogP contribution in [0.15, 0.2) is 24.3 Å². The van der Waals surface area contributed by atoms with E-state index in [4.69, 9.17) is 4.74 Å². The van der Waals surface area contributed by atoms with Gasteiger partial charge < -0.3 is 10.1 Å². The molecule has 0 spiro atoms. The molecule has 0 aliphatic heterocycles. The molecule has 0 radical (unpaired) electrons. The van der Waals surface area contributed by atoms with Crippen molar-refractivity contribution >= 4 is 0 Å². The van der Waals surface area contributed by atoms with Crippen LogP contribution in [0.25, 0.3) is 0 Å². The highest BCUT2D eigenvalue weighted by molar-refractivity contribution is 5.28. The van der Waals surface area contributed by atoms with E-state index in [1.165, 1.54) is 12.1 Å². The zero-order chi connectivity index (χ0) is 13.4. The molecule has 0 unspecified atom stereocenters. The van der Waals surface area contributed by atoms with E-state index >= 15 is 0 Å². The van der Waals surface area contributed by atoms with E-state index in [9.17, 15) is 13.2 Å². The van der Waals surface area contributed by atoms with Gasteiger partial charge in [0.05, 0.1) is 12.2 Å². The van der Waals surface area contributed by atoms with Gasteiger partial charge >= 0.3 is 6.18 Å². The lowest BCUT2D eigenvalue weighted by Crippen LogP contribution is -2.08. The summed E-state index contributed by atoms with van der Waals surface area (Å²) in [6.07, 6.45) is -1.26. The van der Waals surface area contributed by atoms with Gasteiger partial charge in [0.25, 0.3) is 0 Å². The van der Waals surface area contributed by atoms with Gasteiger partial charge in [-0.05, 0) is 57.1 Å². The van der Waals surface area contributed by atoms with Crippen LogP contribution < -0.4 is 10.1 Å². The largest absolute Gasteiger partial charge is 0.494 e. The molecule has 0 aromatic heterocycles. The van der Waals surface area contributed by atoms with Gasteiger partial charge in [-0.15, -0.1) is 0 Å². The van der Waals surface area contributed by atoms with Gasteiger partial charge in [-0.2, -0.15) is 13.2 Å². The van der Waals surface area contributed by atoms with Gasteiger partial charge in [0.2, 0.25) is 0 Å². The predicted molar refractivity (Wildman–Crippen MR) is 64.7 cm³/mol. The summed E-state index contributed by atoms with van der Waals surface area (Å²) in [6, 6.07) is 4.79. The lowest BCUT2D eigenvalue weighted by molar-refractivity contribution is -0.137. The van der Waals surface area contributed by atoms with Crippen molar-refractivity contribution in [1.29, 1.82) is 0 Å². The first kappa shape index (κ1) is 14.8. The second kappa shape index (κ2) is 7.26. The van der Waals surface area contributed by atoms with E-state index in [0.717, 1.165) is 37.9 Å². The molecule has 5 heteroatoms. The van der Waals surface area contributed by atoms with Crippen molar-refractivity contribution in [2.75, 3.05) is 20.2 Å². The molecule has 102 valence electrons. The van der Waals surface area contributed by atoms with Crippen LogP contribution in [0.5, 0.6) is 5.75 Å². The van der Waals surface area contributed by atoms with Gasteiger partial charge in [-0.1, -0.05) is 0 Å². The van der Waals surface area contributed by atoms with E-state index in [0.29, 0.717) is 12.4 Å². The van der Waals surface area contributed by atoms with Crippen molar-refractivity contribution in [2.24, 2.45) is 0 Å². The van der Waals surface area contributed by atoms with Crippen LogP contribution in [-0.4, -0.2) is 20.2 Å². The topological polar surface area (TPSA) is 21.3 Å². The quantitative estimate of drug-likeness (QED) is 0.759. The van der Waals surface area contributed by atoms with E-state index in [2.05, 4.69) is 5.32 Å². The maximum atomic E-state index is 12.3. The van der Waals surface area contributed by atoms with Crippen LogP contribution in [-0.2, 0) is 6.18 Å². The summed E-state index contributed by atoms with van der Waals surface area (Å²) in [5.74, 6) is 0.483. The molecule has 0 saturated heterocycles. The highest BCUT2D eigenvalue weighted by atomic mass is 19.4. The zero-order valence-electron chi connectivity index (χ0n) is 10.4. The number of ether oxygens (including phenoxy) is 1. The fourth-order valence-electron chi connectivity index (χ4n) is 1.51. The third kappa shape index (κ3) is 5.40. The SMILES string of the molecule is CNCCCCCOc1ccc(C(F)(F)F)cc1. The molecule has 0 fully saturated rings. The summed E-state index contributed by atoms with van der Waals surface area (Å²) in [4.78, 5) is 0. The Hall–Kier alpha value is -1.23. The highest BCUT2D eigenvalue weighted by Gasteiger charge is 2.29. The van der Waals surface area contributed by atoms with Gasteiger partial charge in [-0.3, -0.25) is 0 Å². The number of hydrogen-bond acceptors (Lipinski definition) is 2. The minimum absolute atomic E-state index is 0.483. The van der Waals surface area contributed by atoms with Gasteiger partial charge in [0.1, 0.15) is 5.75 Å². The minimum Gasteiger partial charge on any atom is -0.494 e. The third-order valence-electron chi connectivity index (χ3n) is 2.52. The number of nitrogens with one attached hydrogen (secondary N) is 1. The number of hydrogen-bond donors (Lipinski definition) is 1. The lowest BCUT2D eigenvalue weighted by Gasteiger charge is -2.09. The summed E-state index contributed by atoms with van der Waals surface area (Å²) in [7, 11) is 1.90. The maximum absolute atomic E-state index is 12.3. The molecule has 18 heavy (non-hydrogen) atoms. The zero-order valence-corrected chi connectivity index (χ0v) is 10.4. The van der Waals surface area contributed by atoms with Crippen molar-refractivity contribution in [3.63, 3.8) is 0 Å². The fourth-order valence-corrected chi connectivity index (χ4v) is 1.51. The van der Waals surface area contributed by atoms with E-state index in [1.807, 2.05) is 7.05 Å². The van der Waals surface area contributed by atoms with Crippen LogP contribution in [0.1, 0.15) is 24.8 Å². The Morgan fingerprint density at radius 1 is 1.06 bits per heavy atom. The first-order valence-corrected chi connectivity index (χ1v) is 5.98. The van der Waals surface area contributed by atoms with Crippen molar-refractivity contribution in [2.45, 2.75) is 25.4 Å². The molecule has 0 bridgehead atoms. The van der Waals surface area contributed by atoms with E-state index in [-0.39, 0.29) is 0 Å². The molecule has 1 N–H and O–H groups in total. The average Bonchev–Trinajstić information content (AvgIpc) is 2.33. The third-order valence-corrected chi connectivity index (χ3v) is 2.52. The summed E-state index contributed by atoms with van der Waals surface area (Å²) in [6.45, 7) is 1.51. The molecule has 1 aromatic rings. The average molecular weight is 261 g/mol. The van der Waals surface area contributed by atoms with Crippen LogP contribution in [0.4, 0.5) is 13.2 Å². The second-order valence-corrected chi connectivity index (χ2v) is 4.03. The molecule has 1 aromatic carbocycles. The molecule has 0 aliphatic rings. The second-order valence-electron chi connectivity index (χ2n) is 4.03. The Balaban J connectivity index is 2.27. The monoisotopic (exact) mass is 261 g/mol.